The van der Waals surface area contributed by atoms with E-state index in [1.54, 1.807) is 0 Å². The number of nitrogens with one attached hydrogen (secondary N) is 1. The molecule has 0 aliphatic carbocycles. The number of rotatable bonds is 2. The number of fused-ring (bicyclic) bond motifs is 1. The molecule has 0 bridgehead atoms. The van der Waals surface area contributed by atoms with Gasteiger partial charge in [0.25, 0.3) is 0 Å². The molecule has 0 aromatic carbocycles. The van der Waals surface area contributed by atoms with Crippen molar-refractivity contribution in [1.82, 2.24) is 19.6 Å². The quantitative estimate of drug-likeness (QED) is 0.923. The first-order valence-corrected chi connectivity index (χ1v) is 8.10. The fraction of sp³-hybridized carbons (Fsp3) is 0.588. The molecule has 5 heteroatoms. The maximum atomic E-state index is 4.53. The topological polar surface area (TPSA) is 32.6 Å². The Morgan fingerprint density at radius 3 is 2.86 bits per heavy atom. The van der Waals surface area contributed by atoms with E-state index in [9.17, 15) is 0 Å². The number of imidazole rings is 1. The third kappa shape index (κ3) is 2.87. The third-order valence-electron chi connectivity index (χ3n) is 5.30. The van der Waals surface area contributed by atoms with Crippen LogP contribution in [0.25, 0.3) is 5.65 Å². The number of aromatic nitrogens is 2. The molecule has 0 unspecified atom stereocenters. The number of nitrogens with zero attached hydrogens (tertiary/aromatic N) is 3. The van der Waals surface area contributed by atoms with E-state index in [-0.39, 0.29) is 12.4 Å². The van der Waals surface area contributed by atoms with E-state index in [2.05, 4.69) is 44.9 Å². The summed E-state index contributed by atoms with van der Waals surface area (Å²) in [4.78, 5) is 7.15. The lowest BCUT2D eigenvalue weighted by Gasteiger charge is -2.33. The van der Waals surface area contributed by atoms with Crippen molar-refractivity contribution in [1.29, 1.82) is 0 Å². The number of pyridine rings is 1. The molecule has 0 atom stereocenters. The van der Waals surface area contributed by atoms with Crippen molar-refractivity contribution in [2.45, 2.75) is 32.7 Å². The molecule has 4 nitrogen and oxygen atoms in total. The minimum Gasteiger partial charge on any atom is -0.317 e. The van der Waals surface area contributed by atoms with Crippen LogP contribution in [-0.4, -0.2) is 40.5 Å². The first kappa shape index (κ1) is 15.8. The molecule has 1 spiro atoms. The molecule has 2 aromatic rings. The standard InChI is InChI=1S/C17H24N4.ClH/c1-14-2-3-16-19-10-15(21(16)11-14)12-20-9-6-17(13-20)4-7-18-8-5-17;/h2-3,10-11,18H,4-9,12-13H2,1H3;1H. The van der Waals surface area contributed by atoms with Crippen LogP contribution in [0.5, 0.6) is 0 Å². The fourth-order valence-electron chi connectivity index (χ4n) is 4.01. The molecule has 4 heterocycles. The van der Waals surface area contributed by atoms with Crippen LogP contribution in [0.1, 0.15) is 30.5 Å². The van der Waals surface area contributed by atoms with Gasteiger partial charge in [-0.2, -0.15) is 0 Å². The third-order valence-corrected chi connectivity index (χ3v) is 5.30. The Hall–Kier alpha value is -1.10. The Balaban J connectivity index is 0.00000144. The summed E-state index contributed by atoms with van der Waals surface area (Å²) in [5.41, 5.74) is 4.26. The molecule has 2 saturated heterocycles. The van der Waals surface area contributed by atoms with E-state index in [4.69, 9.17) is 0 Å². The zero-order chi connectivity index (χ0) is 14.3. The van der Waals surface area contributed by atoms with Crippen LogP contribution in [0.3, 0.4) is 0 Å². The molecule has 1 N–H and O–H groups in total. The van der Waals surface area contributed by atoms with Crippen LogP contribution in [0.15, 0.2) is 24.5 Å². The molecule has 2 aromatic heterocycles. The fourth-order valence-corrected chi connectivity index (χ4v) is 4.01. The van der Waals surface area contributed by atoms with E-state index in [1.807, 2.05) is 6.20 Å². The predicted molar refractivity (Wildman–Crippen MR) is 91.6 cm³/mol. The average molecular weight is 321 g/mol. The van der Waals surface area contributed by atoms with Gasteiger partial charge in [0.1, 0.15) is 5.65 Å². The van der Waals surface area contributed by atoms with Gasteiger partial charge in [-0.3, -0.25) is 4.90 Å². The minimum atomic E-state index is 0. The van der Waals surface area contributed by atoms with Crippen LogP contribution in [-0.2, 0) is 6.54 Å². The Labute approximate surface area is 138 Å². The van der Waals surface area contributed by atoms with Gasteiger partial charge >= 0.3 is 0 Å². The van der Waals surface area contributed by atoms with Crippen LogP contribution in [0, 0.1) is 12.3 Å². The van der Waals surface area contributed by atoms with Crippen LogP contribution in [0.4, 0.5) is 0 Å². The van der Waals surface area contributed by atoms with Crippen molar-refractivity contribution >= 4 is 18.1 Å². The smallest absolute Gasteiger partial charge is 0.136 e. The zero-order valence-electron chi connectivity index (χ0n) is 13.2. The van der Waals surface area contributed by atoms with Gasteiger partial charge in [-0.05, 0) is 62.9 Å². The predicted octanol–water partition coefficient (Wildman–Crippen LogP) is 2.64. The average Bonchev–Trinajstić information content (AvgIpc) is 3.06. The number of hydrogen-bond acceptors (Lipinski definition) is 3. The zero-order valence-corrected chi connectivity index (χ0v) is 14.0. The molecule has 22 heavy (non-hydrogen) atoms. The van der Waals surface area contributed by atoms with E-state index in [1.165, 1.54) is 56.7 Å². The lowest BCUT2D eigenvalue weighted by atomic mass is 9.78. The van der Waals surface area contributed by atoms with Crippen molar-refractivity contribution in [3.8, 4) is 0 Å². The van der Waals surface area contributed by atoms with E-state index in [0.717, 1.165) is 12.2 Å². The van der Waals surface area contributed by atoms with Crippen molar-refractivity contribution < 1.29 is 0 Å². The Morgan fingerprint density at radius 1 is 1.23 bits per heavy atom. The van der Waals surface area contributed by atoms with Gasteiger partial charge in [0.15, 0.2) is 0 Å². The molecule has 2 aliphatic heterocycles. The summed E-state index contributed by atoms with van der Waals surface area (Å²) in [7, 11) is 0. The molecule has 4 rings (SSSR count). The van der Waals surface area contributed by atoms with Crippen molar-refractivity contribution in [2.75, 3.05) is 26.2 Å². The molecule has 0 saturated carbocycles. The van der Waals surface area contributed by atoms with Gasteiger partial charge in [-0.15, -0.1) is 12.4 Å². The largest absolute Gasteiger partial charge is 0.317 e. The van der Waals surface area contributed by atoms with Crippen molar-refractivity contribution in [3.05, 3.63) is 35.8 Å². The molecule has 2 aliphatic rings. The second kappa shape index (κ2) is 6.19. The summed E-state index contributed by atoms with van der Waals surface area (Å²) in [5, 5.41) is 3.49. The molecule has 120 valence electrons. The summed E-state index contributed by atoms with van der Waals surface area (Å²) in [6, 6.07) is 4.24. The number of likely N-dealkylation sites (tertiary alicyclic amines) is 1. The summed E-state index contributed by atoms with van der Waals surface area (Å²) in [5.74, 6) is 0. The maximum Gasteiger partial charge on any atom is 0.136 e. The molecule has 0 radical (unpaired) electrons. The lowest BCUT2D eigenvalue weighted by molar-refractivity contribution is 0.193. The first-order valence-electron chi connectivity index (χ1n) is 8.10. The van der Waals surface area contributed by atoms with Gasteiger partial charge in [-0.25, -0.2) is 4.98 Å². The van der Waals surface area contributed by atoms with Crippen LogP contribution in [0.2, 0.25) is 0 Å². The first-order chi connectivity index (χ1) is 10.2. The maximum absolute atomic E-state index is 4.53. The summed E-state index contributed by atoms with van der Waals surface area (Å²) in [6.07, 6.45) is 8.30. The van der Waals surface area contributed by atoms with Gasteiger partial charge in [-0.1, -0.05) is 6.07 Å². The number of halogens is 1. The summed E-state index contributed by atoms with van der Waals surface area (Å²) >= 11 is 0. The minimum absolute atomic E-state index is 0. The monoisotopic (exact) mass is 320 g/mol. The van der Waals surface area contributed by atoms with E-state index >= 15 is 0 Å². The number of aryl methyl sites for hydroxylation is 1. The van der Waals surface area contributed by atoms with E-state index in [0.29, 0.717) is 5.41 Å². The summed E-state index contributed by atoms with van der Waals surface area (Å²) in [6.45, 7) is 8.06. The highest BCUT2D eigenvalue weighted by atomic mass is 35.5. The highest BCUT2D eigenvalue weighted by molar-refractivity contribution is 5.85. The number of hydrogen-bond donors (Lipinski definition) is 1. The van der Waals surface area contributed by atoms with Crippen molar-refractivity contribution in [2.24, 2.45) is 5.41 Å². The number of piperidine rings is 1. The Morgan fingerprint density at radius 2 is 2.05 bits per heavy atom. The van der Waals surface area contributed by atoms with Crippen LogP contribution >= 0.6 is 12.4 Å². The van der Waals surface area contributed by atoms with Gasteiger partial charge in [0, 0.05) is 19.3 Å². The second-order valence-electron chi connectivity index (χ2n) is 6.89. The van der Waals surface area contributed by atoms with Crippen molar-refractivity contribution in [3.63, 3.8) is 0 Å². The van der Waals surface area contributed by atoms with Crippen LogP contribution < -0.4 is 5.32 Å². The van der Waals surface area contributed by atoms with E-state index < -0.39 is 0 Å². The highest BCUT2D eigenvalue weighted by Crippen LogP contribution is 2.39. The lowest BCUT2D eigenvalue weighted by Crippen LogP contribution is -2.38. The van der Waals surface area contributed by atoms with Gasteiger partial charge in [0.05, 0.1) is 11.9 Å². The second-order valence-corrected chi connectivity index (χ2v) is 6.89. The molecule has 0 amide bonds. The van der Waals surface area contributed by atoms with Gasteiger partial charge in [0.2, 0.25) is 0 Å². The SMILES string of the molecule is Cc1ccc2ncc(CN3CCC4(CCNCC4)C3)n2c1.Cl. The molecular weight excluding hydrogens is 296 g/mol. The Kier molecular flexibility index (Phi) is 4.44. The van der Waals surface area contributed by atoms with Gasteiger partial charge < -0.3 is 9.72 Å². The molecule has 2 fully saturated rings. The normalized spacial score (nSPS) is 21.3. The summed E-state index contributed by atoms with van der Waals surface area (Å²) < 4.78 is 2.25. The molecular formula is C17H25ClN4. The highest BCUT2D eigenvalue weighted by Gasteiger charge is 2.38. The Bertz CT molecular complexity index is 645.